The van der Waals surface area contributed by atoms with Crippen LogP contribution in [0.3, 0.4) is 0 Å². The van der Waals surface area contributed by atoms with Crippen molar-refractivity contribution in [3.05, 3.63) is 35.8 Å². The van der Waals surface area contributed by atoms with Gasteiger partial charge in [-0.2, -0.15) is 0 Å². The highest BCUT2D eigenvalue weighted by Crippen LogP contribution is 2.24. The Morgan fingerprint density at radius 1 is 1.23 bits per heavy atom. The molecule has 0 atom stereocenters. The van der Waals surface area contributed by atoms with Crippen LogP contribution in [0.4, 0.5) is 5.82 Å². The molecule has 22 heavy (non-hydrogen) atoms. The molecule has 0 aromatic carbocycles. The second-order valence-electron chi connectivity index (χ2n) is 6.21. The van der Waals surface area contributed by atoms with Crippen LogP contribution >= 0.6 is 0 Å². The molecule has 2 aromatic heterocycles. The van der Waals surface area contributed by atoms with Crippen LogP contribution in [0.5, 0.6) is 0 Å². The van der Waals surface area contributed by atoms with Crippen molar-refractivity contribution in [2.24, 2.45) is 13.0 Å². The smallest absolute Gasteiger partial charge is 0.132 e. The lowest BCUT2D eigenvalue weighted by atomic mass is 9.93. The van der Waals surface area contributed by atoms with Crippen molar-refractivity contribution < 1.29 is 0 Å². The molecular formula is C17H25N5. The maximum Gasteiger partial charge on any atom is 0.132 e. The number of hydrogen-bond acceptors (Lipinski definition) is 4. The first kappa shape index (κ1) is 15.0. The second kappa shape index (κ2) is 6.46. The van der Waals surface area contributed by atoms with Gasteiger partial charge in [-0.25, -0.2) is 15.0 Å². The molecule has 0 unspecified atom stereocenters. The summed E-state index contributed by atoms with van der Waals surface area (Å²) in [6, 6.07) is 2.14. The summed E-state index contributed by atoms with van der Waals surface area (Å²) >= 11 is 0. The van der Waals surface area contributed by atoms with E-state index in [1.807, 2.05) is 19.3 Å². The molecule has 0 N–H and O–H groups in total. The molecule has 0 saturated carbocycles. The minimum atomic E-state index is 0.728. The zero-order chi connectivity index (χ0) is 15.5. The fraction of sp³-hybridized carbons (Fsp3) is 0.588. The SMILES string of the molecule is CCc1cc(N2CCC(Cc3nccn3C)CC2)nc(C)n1. The highest BCUT2D eigenvalue weighted by molar-refractivity contribution is 5.40. The van der Waals surface area contributed by atoms with E-state index >= 15 is 0 Å². The number of aromatic nitrogens is 4. The van der Waals surface area contributed by atoms with Gasteiger partial charge >= 0.3 is 0 Å². The molecule has 3 rings (SSSR count). The highest BCUT2D eigenvalue weighted by atomic mass is 15.2. The van der Waals surface area contributed by atoms with Crippen LogP contribution in [-0.2, 0) is 19.9 Å². The molecule has 2 aromatic rings. The minimum Gasteiger partial charge on any atom is -0.356 e. The lowest BCUT2D eigenvalue weighted by molar-refractivity contribution is 0.392. The average Bonchev–Trinajstić information content (AvgIpc) is 2.92. The standard InChI is InChI=1S/C17H25N5/c1-4-15-12-17(20-13(2)19-15)22-8-5-14(6-9-22)11-16-18-7-10-21(16)3/h7,10,12,14H,4-6,8-9,11H2,1-3H3. The molecule has 0 amide bonds. The Labute approximate surface area is 132 Å². The van der Waals surface area contributed by atoms with Gasteiger partial charge in [0.15, 0.2) is 0 Å². The summed E-state index contributed by atoms with van der Waals surface area (Å²) in [5, 5.41) is 0. The van der Waals surface area contributed by atoms with Gasteiger partial charge < -0.3 is 9.47 Å². The Bertz CT molecular complexity index is 626. The van der Waals surface area contributed by atoms with Crippen LogP contribution in [0.15, 0.2) is 18.5 Å². The molecule has 1 aliphatic heterocycles. The maximum absolute atomic E-state index is 4.62. The summed E-state index contributed by atoms with van der Waals surface area (Å²) in [5.41, 5.74) is 1.14. The largest absolute Gasteiger partial charge is 0.356 e. The van der Waals surface area contributed by atoms with Crippen molar-refractivity contribution in [1.29, 1.82) is 0 Å². The summed E-state index contributed by atoms with van der Waals surface area (Å²) < 4.78 is 2.13. The third-order valence-corrected chi connectivity index (χ3v) is 4.57. The molecule has 0 radical (unpaired) electrons. The lowest BCUT2D eigenvalue weighted by Crippen LogP contribution is -2.35. The van der Waals surface area contributed by atoms with E-state index in [9.17, 15) is 0 Å². The highest BCUT2D eigenvalue weighted by Gasteiger charge is 2.22. The summed E-state index contributed by atoms with van der Waals surface area (Å²) in [6.45, 7) is 6.28. The van der Waals surface area contributed by atoms with E-state index in [0.717, 1.165) is 49.2 Å². The molecule has 1 fully saturated rings. The van der Waals surface area contributed by atoms with E-state index in [0.29, 0.717) is 0 Å². The van der Waals surface area contributed by atoms with Crippen LogP contribution in [0.1, 0.15) is 37.1 Å². The predicted molar refractivity (Wildman–Crippen MR) is 88.0 cm³/mol. The minimum absolute atomic E-state index is 0.728. The normalized spacial score (nSPS) is 16.2. The molecule has 0 bridgehead atoms. The van der Waals surface area contributed by atoms with Crippen LogP contribution < -0.4 is 4.90 Å². The number of aryl methyl sites for hydroxylation is 3. The van der Waals surface area contributed by atoms with Gasteiger partial charge in [-0.1, -0.05) is 6.92 Å². The average molecular weight is 299 g/mol. The Morgan fingerprint density at radius 2 is 2.00 bits per heavy atom. The van der Waals surface area contributed by atoms with Crippen LogP contribution in [-0.4, -0.2) is 32.6 Å². The quantitative estimate of drug-likeness (QED) is 0.870. The van der Waals surface area contributed by atoms with Crippen molar-refractivity contribution in [3.8, 4) is 0 Å². The maximum atomic E-state index is 4.62. The summed E-state index contributed by atoms with van der Waals surface area (Å²) in [6.07, 6.45) is 8.38. The Balaban J connectivity index is 1.62. The summed E-state index contributed by atoms with van der Waals surface area (Å²) in [4.78, 5) is 15.9. The van der Waals surface area contributed by atoms with Gasteiger partial charge in [-0.15, -0.1) is 0 Å². The zero-order valence-electron chi connectivity index (χ0n) is 13.8. The van der Waals surface area contributed by atoms with E-state index in [1.165, 1.54) is 18.7 Å². The first-order valence-electron chi connectivity index (χ1n) is 8.21. The lowest BCUT2D eigenvalue weighted by Gasteiger charge is -2.33. The van der Waals surface area contributed by atoms with E-state index in [1.54, 1.807) is 0 Å². The number of piperidine rings is 1. The van der Waals surface area contributed by atoms with Gasteiger partial charge in [-0.05, 0) is 32.1 Å². The zero-order valence-corrected chi connectivity index (χ0v) is 13.8. The van der Waals surface area contributed by atoms with E-state index in [-0.39, 0.29) is 0 Å². The van der Waals surface area contributed by atoms with Gasteiger partial charge in [-0.3, -0.25) is 0 Å². The summed E-state index contributed by atoms with van der Waals surface area (Å²) in [5.74, 6) is 3.90. The summed E-state index contributed by atoms with van der Waals surface area (Å²) in [7, 11) is 2.08. The fourth-order valence-corrected chi connectivity index (χ4v) is 3.17. The Hall–Kier alpha value is -1.91. The Kier molecular flexibility index (Phi) is 4.41. The van der Waals surface area contributed by atoms with Crippen molar-refractivity contribution in [2.75, 3.05) is 18.0 Å². The van der Waals surface area contributed by atoms with Crippen molar-refractivity contribution in [2.45, 2.75) is 39.5 Å². The van der Waals surface area contributed by atoms with Crippen molar-refractivity contribution in [1.82, 2.24) is 19.5 Å². The molecule has 5 heteroatoms. The van der Waals surface area contributed by atoms with Gasteiger partial charge in [0.25, 0.3) is 0 Å². The molecule has 1 saturated heterocycles. The number of anilines is 1. The first-order valence-corrected chi connectivity index (χ1v) is 8.21. The third kappa shape index (κ3) is 3.29. The van der Waals surface area contributed by atoms with E-state index in [2.05, 4.69) is 44.5 Å². The molecule has 0 spiro atoms. The van der Waals surface area contributed by atoms with Gasteiger partial charge in [0.05, 0.1) is 0 Å². The van der Waals surface area contributed by atoms with Gasteiger partial charge in [0, 0.05) is 50.7 Å². The third-order valence-electron chi connectivity index (χ3n) is 4.57. The van der Waals surface area contributed by atoms with Crippen molar-refractivity contribution >= 4 is 5.82 Å². The molecule has 1 aliphatic rings. The van der Waals surface area contributed by atoms with E-state index < -0.39 is 0 Å². The van der Waals surface area contributed by atoms with Crippen LogP contribution in [0.25, 0.3) is 0 Å². The van der Waals surface area contributed by atoms with Gasteiger partial charge in [0.1, 0.15) is 17.5 Å². The van der Waals surface area contributed by atoms with Crippen molar-refractivity contribution in [3.63, 3.8) is 0 Å². The second-order valence-corrected chi connectivity index (χ2v) is 6.21. The first-order chi connectivity index (χ1) is 10.7. The van der Waals surface area contributed by atoms with Crippen LogP contribution in [0.2, 0.25) is 0 Å². The van der Waals surface area contributed by atoms with E-state index in [4.69, 9.17) is 0 Å². The number of imidazole rings is 1. The number of nitrogens with zero attached hydrogens (tertiary/aromatic N) is 5. The molecule has 3 heterocycles. The number of hydrogen-bond donors (Lipinski definition) is 0. The molecule has 5 nitrogen and oxygen atoms in total. The monoisotopic (exact) mass is 299 g/mol. The Morgan fingerprint density at radius 3 is 2.64 bits per heavy atom. The topological polar surface area (TPSA) is 46.8 Å². The van der Waals surface area contributed by atoms with Crippen LogP contribution in [0, 0.1) is 12.8 Å². The molecule has 0 aliphatic carbocycles. The fourth-order valence-electron chi connectivity index (χ4n) is 3.17. The number of rotatable bonds is 4. The molecular weight excluding hydrogens is 274 g/mol. The van der Waals surface area contributed by atoms with Gasteiger partial charge in [0.2, 0.25) is 0 Å². The predicted octanol–water partition coefficient (Wildman–Crippen LogP) is 2.54. The molecule has 118 valence electrons.